The van der Waals surface area contributed by atoms with Gasteiger partial charge in [0, 0.05) is 22.1 Å². The van der Waals surface area contributed by atoms with Gasteiger partial charge in [0.05, 0.1) is 10.6 Å². The summed E-state index contributed by atoms with van der Waals surface area (Å²) in [5.74, 6) is 0.184. The van der Waals surface area contributed by atoms with Crippen molar-refractivity contribution < 1.29 is 13.2 Å². The number of hydrogen-bond donors (Lipinski definition) is 1. The number of nitrogen functional groups attached to an aromatic ring is 1. The lowest BCUT2D eigenvalue weighted by Gasteiger charge is -2.13. The molecular weight excluding hydrogens is 353 g/mol. The molecule has 0 bridgehead atoms. The summed E-state index contributed by atoms with van der Waals surface area (Å²) >= 11 is 4.50. The van der Waals surface area contributed by atoms with Crippen molar-refractivity contribution in [3.63, 3.8) is 0 Å². The topological polar surface area (TPSA) is 38.9 Å². The maximum absolute atomic E-state index is 12.9. The lowest BCUT2D eigenvalue weighted by molar-refractivity contribution is -0.138. The van der Waals surface area contributed by atoms with Crippen LogP contribution in [0.2, 0.25) is 0 Å². The quantitative estimate of drug-likeness (QED) is 0.633. The number of alkyl halides is 3. The first-order valence-corrected chi connectivity index (χ1v) is 7.34. The smallest absolute Gasteiger partial charge is 0.399 e. The lowest BCUT2D eigenvalue weighted by atomic mass is 10.1. The Hall–Kier alpha value is -1.21. The minimum Gasteiger partial charge on any atom is -0.399 e. The predicted octanol–water partition coefficient (Wildman–Crippen LogP) is 4.74. The molecule has 7 heteroatoms. The summed E-state index contributed by atoms with van der Waals surface area (Å²) in [6, 6.07) is 7.39. The molecular formula is C13H10BrF3N2S. The molecule has 0 spiro atoms. The highest BCUT2D eigenvalue weighted by Gasteiger charge is 2.33. The molecule has 2 aromatic rings. The number of benzene rings is 1. The van der Waals surface area contributed by atoms with Gasteiger partial charge in [-0.2, -0.15) is 13.2 Å². The Morgan fingerprint density at radius 1 is 1.20 bits per heavy atom. The molecule has 0 aliphatic carbocycles. The standard InChI is InChI=1S/C13H10BrF3N2S/c14-9-2-4-12(19-6-9)20-7-8-1-3-10(18)5-11(8)13(15,16)17/h1-6H,7,18H2. The second-order valence-corrected chi connectivity index (χ2v) is 5.93. The maximum atomic E-state index is 12.9. The number of rotatable bonds is 3. The van der Waals surface area contributed by atoms with Gasteiger partial charge >= 0.3 is 6.18 Å². The number of nitrogens with zero attached hydrogens (tertiary/aromatic N) is 1. The zero-order valence-corrected chi connectivity index (χ0v) is 12.5. The van der Waals surface area contributed by atoms with Gasteiger partial charge in [0.2, 0.25) is 0 Å². The summed E-state index contributed by atoms with van der Waals surface area (Å²) < 4.78 is 39.6. The van der Waals surface area contributed by atoms with Gasteiger partial charge in [-0.3, -0.25) is 0 Å². The zero-order valence-electron chi connectivity index (χ0n) is 10.1. The summed E-state index contributed by atoms with van der Waals surface area (Å²) in [5.41, 5.74) is 5.03. The van der Waals surface area contributed by atoms with Crippen LogP contribution in [-0.4, -0.2) is 4.98 Å². The highest BCUT2D eigenvalue weighted by molar-refractivity contribution is 9.10. The van der Waals surface area contributed by atoms with E-state index in [9.17, 15) is 13.2 Å². The fourth-order valence-corrected chi connectivity index (χ4v) is 2.66. The molecule has 20 heavy (non-hydrogen) atoms. The number of hydrogen-bond acceptors (Lipinski definition) is 3. The van der Waals surface area contributed by atoms with Gasteiger partial charge in [0.15, 0.2) is 0 Å². The molecule has 0 aliphatic heterocycles. The molecule has 0 unspecified atom stereocenters. The van der Waals surface area contributed by atoms with Gasteiger partial charge < -0.3 is 5.73 Å². The van der Waals surface area contributed by atoms with E-state index in [0.29, 0.717) is 5.03 Å². The summed E-state index contributed by atoms with van der Waals surface area (Å²) in [7, 11) is 0. The average Bonchev–Trinajstić information content (AvgIpc) is 2.38. The van der Waals surface area contributed by atoms with Crippen molar-refractivity contribution in [3.05, 3.63) is 52.1 Å². The van der Waals surface area contributed by atoms with Crippen molar-refractivity contribution in [1.82, 2.24) is 4.98 Å². The normalized spacial score (nSPS) is 11.6. The van der Waals surface area contributed by atoms with E-state index >= 15 is 0 Å². The third kappa shape index (κ3) is 3.89. The van der Waals surface area contributed by atoms with E-state index in [4.69, 9.17) is 5.73 Å². The Morgan fingerprint density at radius 2 is 1.95 bits per heavy atom. The number of anilines is 1. The molecule has 0 aliphatic rings. The zero-order chi connectivity index (χ0) is 14.8. The second kappa shape index (κ2) is 6.05. The van der Waals surface area contributed by atoms with Crippen molar-refractivity contribution in [1.29, 1.82) is 0 Å². The highest BCUT2D eigenvalue weighted by Crippen LogP contribution is 2.35. The van der Waals surface area contributed by atoms with Crippen molar-refractivity contribution in [2.45, 2.75) is 17.0 Å². The molecule has 0 saturated heterocycles. The van der Waals surface area contributed by atoms with Crippen LogP contribution >= 0.6 is 27.7 Å². The molecule has 0 radical (unpaired) electrons. The lowest BCUT2D eigenvalue weighted by Crippen LogP contribution is -2.09. The number of halogens is 4. The van der Waals surface area contributed by atoms with Crippen LogP contribution in [0.25, 0.3) is 0 Å². The van der Waals surface area contributed by atoms with E-state index in [-0.39, 0.29) is 17.0 Å². The molecule has 2 rings (SSSR count). The van der Waals surface area contributed by atoms with Crippen LogP contribution in [0.5, 0.6) is 0 Å². The minimum atomic E-state index is -4.40. The number of nitrogens with two attached hydrogens (primary N) is 1. The maximum Gasteiger partial charge on any atom is 0.416 e. The molecule has 0 fully saturated rings. The van der Waals surface area contributed by atoms with E-state index in [0.717, 1.165) is 10.5 Å². The molecule has 0 amide bonds. The van der Waals surface area contributed by atoms with Gasteiger partial charge in [-0.15, -0.1) is 11.8 Å². The number of aromatic nitrogens is 1. The summed E-state index contributed by atoms with van der Waals surface area (Å²) in [6.07, 6.45) is -2.80. The summed E-state index contributed by atoms with van der Waals surface area (Å²) in [5, 5.41) is 0.665. The van der Waals surface area contributed by atoms with Crippen molar-refractivity contribution in [3.8, 4) is 0 Å². The Balaban J connectivity index is 2.19. The van der Waals surface area contributed by atoms with Crippen LogP contribution in [0.1, 0.15) is 11.1 Å². The van der Waals surface area contributed by atoms with E-state index in [1.807, 2.05) is 0 Å². The Kier molecular flexibility index (Phi) is 4.59. The van der Waals surface area contributed by atoms with Crippen LogP contribution in [-0.2, 0) is 11.9 Å². The van der Waals surface area contributed by atoms with Crippen LogP contribution < -0.4 is 5.73 Å². The first-order valence-electron chi connectivity index (χ1n) is 5.56. The van der Waals surface area contributed by atoms with E-state index in [2.05, 4.69) is 20.9 Å². The SMILES string of the molecule is Nc1ccc(CSc2ccc(Br)cn2)c(C(F)(F)F)c1. The van der Waals surface area contributed by atoms with Crippen molar-refractivity contribution in [2.75, 3.05) is 5.73 Å². The Bertz CT molecular complexity index is 600. The van der Waals surface area contributed by atoms with E-state index in [1.165, 1.54) is 23.9 Å². The first-order chi connectivity index (χ1) is 9.36. The Morgan fingerprint density at radius 3 is 2.55 bits per heavy atom. The highest BCUT2D eigenvalue weighted by atomic mass is 79.9. The Labute approximate surface area is 126 Å². The predicted molar refractivity (Wildman–Crippen MR) is 77.4 cm³/mol. The molecule has 0 saturated carbocycles. The fraction of sp³-hybridized carbons (Fsp3) is 0.154. The third-order valence-electron chi connectivity index (χ3n) is 2.52. The van der Waals surface area contributed by atoms with Crippen LogP contribution in [0.15, 0.2) is 46.0 Å². The van der Waals surface area contributed by atoms with Gasteiger partial charge in [-0.05, 0) is 45.8 Å². The molecule has 1 heterocycles. The van der Waals surface area contributed by atoms with Crippen LogP contribution in [0.4, 0.5) is 18.9 Å². The largest absolute Gasteiger partial charge is 0.416 e. The third-order valence-corrected chi connectivity index (χ3v) is 3.98. The van der Waals surface area contributed by atoms with Gasteiger partial charge in [-0.1, -0.05) is 6.07 Å². The van der Waals surface area contributed by atoms with E-state index in [1.54, 1.807) is 18.3 Å². The van der Waals surface area contributed by atoms with Crippen molar-refractivity contribution >= 4 is 33.4 Å². The van der Waals surface area contributed by atoms with Gasteiger partial charge in [0.25, 0.3) is 0 Å². The monoisotopic (exact) mass is 362 g/mol. The molecule has 1 aromatic heterocycles. The second-order valence-electron chi connectivity index (χ2n) is 4.02. The van der Waals surface area contributed by atoms with Gasteiger partial charge in [-0.25, -0.2) is 4.98 Å². The number of pyridine rings is 1. The van der Waals surface area contributed by atoms with Crippen molar-refractivity contribution in [2.24, 2.45) is 0 Å². The summed E-state index contributed by atoms with van der Waals surface area (Å²) in [4.78, 5) is 4.11. The van der Waals surface area contributed by atoms with Crippen LogP contribution in [0.3, 0.4) is 0 Å². The average molecular weight is 363 g/mol. The minimum absolute atomic E-state index is 0.104. The molecule has 2 nitrogen and oxygen atoms in total. The molecule has 106 valence electrons. The fourth-order valence-electron chi connectivity index (χ4n) is 1.58. The molecule has 2 N–H and O–H groups in total. The molecule has 1 aromatic carbocycles. The molecule has 0 atom stereocenters. The van der Waals surface area contributed by atoms with Gasteiger partial charge in [0.1, 0.15) is 0 Å². The number of thioether (sulfide) groups is 1. The van der Waals surface area contributed by atoms with E-state index < -0.39 is 11.7 Å². The first kappa shape index (κ1) is 15.2. The summed E-state index contributed by atoms with van der Waals surface area (Å²) in [6.45, 7) is 0. The van der Waals surface area contributed by atoms with Crippen LogP contribution in [0, 0.1) is 0 Å².